The number of hydrogen-bond donors (Lipinski definition) is 0. The average Bonchev–Trinajstić information content (AvgIpc) is 2.77. The lowest BCUT2D eigenvalue weighted by Crippen LogP contribution is -2.01. The molecule has 0 amide bonds. The van der Waals surface area contributed by atoms with E-state index in [-0.39, 0.29) is 11.9 Å². The van der Waals surface area contributed by atoms with Crippen LogP contribution in [0.1, 0.15) is 50.7 Å². The topological polar surface area (TPSA) is 52.6 Å². The van der Waals surface area contributed by atoms with E-state index in [2.05, 4.69) is 13.8 Å². The molecule has 0 saturated carbocycles. The van der Waals surface area contributed by atoms with Crippen molar-refractivity contribution in [3.63, 3.8) is 0 Å². The molecule has 0 saturated heterocycles. The molecule has 0 aliphatic heterocycles. The van der Waals surface area contributed by atoms with E-state index < -0.39 is 0 Å². The summed E-state index contributed by atoms with van der Waals surface area (Å²) in [4.78, 5) is 23.3. The lowest BCUT2D eigenvalue weighted by Gasteiger charge is -2.04. The third-order valence-corrected chi connectivity index (χ3v) is 4.46. The Morgan fingerprint density at radius 2 is 1.03 bits per heavy atom. The molecule has 0 aliphatic rings. The zero-order valence-electron chi connectivity index (χ0n) is 17.8. The maximum atomic E-state index is 11.6. The van der Waals surface area contributed by atoms with Gasteiger partial charge in [-0.1, -0.05) is 75.2 Å². The van der Waals surface area contributed by atoms with Gasteiger partial charge >= 0.3 is 11.9 Å². The van der Waals surface area contributed by atoms with E-state index in [0.717, 1.165) is 47.9 Å². The standard InChI is InChI=1S/C26H30O4/c1-3-5-19-29-25(27)17-11-21-7-13-23(14-8-21)24-15-9-22(10-16-24)12-18-26(28)30-20-6-4-2/h7-18H,3-6,19-20H2,1-2H3/b17-11+,18-12+. The molecule has 0 heterocycles. The maximum Gasteiger partial charge on any atom is 0.330 e. The van der Waals surface area contributed by atoms with Gasteiger partial charge in [-0.2, -0.15) is 0 Å². The molecule has 0 fully saturated rings. The normalized spacial score (nSPS) is 11.1. The number of unbranched alkanes of at least 4 members (excludes halogenated alkanes) is 2. The zero-order valence-corrected chi connectivity index (χ0v) is 17.8. The van der Waals surface area contributed by atoms with Crippen LogP contribution in [0.4, 0.5) is 0 Å². The third kappa shape index (κ3) is 8.48. The van der Waals surface area contributed by atoms with Crippen LogP contribution in [-0.2, 0) is 19.1 Å². The molecule has 4 nitrogen and oxygen atoms in total. The van der Waals surface area contributed by atoms with Gasteiger partial charge in [0.2, 0.25) is 0 Å². The van der Waals surface area contributed by atoms with Gasteiger partial charge in [0.25, 0.3) is 0 Å². The first-order chi connectivity index (χ1) is 14.6. The smallest absolute Gasteiger partial charge is 0.330 e. The minimum Gasteiger partial charge on any atom is -0.463 e. The predicted molar refractivity (Wildman–Crippen MR) is 122 cm³/mol. The van der Waals surface area contributed by atoms with Crippen molar-refractivity contribution in [1.29, 1.82) is 0 Å². The first-order valence-corrected chi connectivity index (χ1v) is 10.5. The van der Waals surface area contributed by atoms with Crippen molar-refractivity contribution in [1.82, 2.24) is 0 Å². The van der Waals surface area contributed by atoms with E-state index >= 15 is 0 Å². The van der Waals surface area contributed by atoms with E-state index in [1.165, 1.54) is 12.2 Å². The second-order valence-electron chi connectivity index (χ2n) is 6.95. The van der Waals surface area contributed by atoms with Crippen LogP contribution in [-0.4, -0.2) is 25.2 Å². The van der Waals surface area contributed by atoms with Gasteiger partial charge in [0.15, 0.2) is 0 Å². The fourth-order valence-electron chi connectivity index (χ4n) is 2.63. The molecule has 4 heteroatoms. The van der Waals surface area contributed by atoms with Gasteiger partial charge in [-0.25, -0.2) is 9.59 Å². The molecule has 0 N–H and O–H groups in total. The molecule has 0 atom stereocenters. The van der Waals surface area contributed by atoms with Crippen molar-refractivity contribution in [3.05, 3.63) is 71.8 Å². The van der Waals surface area contributed by atoms with E-state index in [9.17, 15) is 9.59 Å². The summed E-state index contributed by atoms with van der Waals surface area (Å²) < 4.78 is 10.2. The second-order valence-corrected chi connectivity index (χ2v) is 6.95. The van der Waals surface area contributed by atoms with Crippen molar-refractivity contribution < 1.29 is 19.1 Å². The zero-order chi connectivity index (χ0) is 21.6. The molecule has 2 aromatic carbocycles. The molecule has 0 aliphatic carbocycles. The number of ether oxygens (including phenoxy) is 2. The summed E-state index contributed by atoms with van der Waals surface area (Å²) in [5.74, 6) is -0.629. The van der Waals surface area contributed by atoms with E-state index in [4.69, 9.17) is 9.47 Å². The van der Waals surface area contributed by atoms with Crippen LogP contribution >= 0.6 is 0 Å². The summed E-state index contributed by atoms with van der Waals surface area (Å²) in [7, 11) is 0. The summed E-state index contributed by atoms with van der Waals surface area (Å²) in [5, 5.41) is 0. The van der Waals surface area contributed by atoms with E-state index in [0.29, 0.717) is 13.2 Å². The lowest BCUT2D eigenvalue weighted by atomic mass is 10.0. The van der Waals surface area contributed by atoms with Crippen molar-refractivity contribution in [2.75, 3.05) is 13.2 Å². The number of benzene rings is 2. The molecule has 2 aromatic rings. The molecule has 0 bridgehead atoms. The molecule has 0 unspecified atom stereocenters. The number of rotatable bonds is 11. The number of esters is 2. The summed E-state index contributed by atoms with van der Waals surface area (Å²) >= 11 is 0. The van der Waals surface area contributed by atoms with Crippen molar-refractivity contribution in [3.8, 4) is 11.1 Å². The van der Waals surface area contributed by atoms with Gasteiger partial charge in [-0.3, -0.25) is 0 Å². The highest BCUT2D eigenvalue weighted by Crippen LogP contribution is 2.21. The van der Waals surface area contributed by atoms with Crippen LogP contribution in [0.25, 0.3) is 23.3 Å². The van der Waals surface area contributed by atoms with Gasteiger partial charge in [0, 0.05) is 12.2 Å². The van der Waals surface area contributed by atoms with Crippen LogP contribution in [0.2, 0.25) is 0 Å². The molecule has 0 aromatic heterocycles. The highest BCUT2D eigenvalue weighted by molar-refractivity contribution is 5.87. The Balaban J connectivity index is 1.90. The number of carbonyl (C=O) groups is 2. The minimum atomic E-state index is -0.314. The third-order valence-electron chi connectivity index (χ3n) is 4.46. The van der Waals surface area contributed by atoms with Crippen LogP contribution in [0, 0.1) is 0 Å². The molecule has 0 radical (unpaired) electrons. The minimum absolute atomic E-state index is 0.314. The van der Waals surface area contributed by atoms with Crippen molar-refractivity contribution in [2.24, 2.45) is 0 Å². The van der Waals surface area contributed by atoms with Crippen molar-refractivity contribution in [2.45, 2.75) is 39.5 Å². The first-order valence-electron chi connectivity index (χ1n) is 10.5. The Kier molecular flexibility index (Phi) is 10.1. The Morgan fingerprint density at radius 1 is 0.667 bits per heavy atom. The largest absolute Gasteiger partial charge is 0.463 e. The van der Waals surface area contributed by atoms with Gasteiger partial charge in [-0.15, -0.1) is 0 Å². The lowest BCUT2D eigenvalue weighted by molar-refractivity contribution is -0.138. The molecule has 30 heavy (non-hydrogen) atoms. The first kappa shape index (κ1) is 23.1. The molecular formula is C26H30O4. The fourth-order valence-corrected chi connectivity index (χ4v) is 2.63. The van der Waals surface area contributed by atoms with Crippen LogP contribution in [0.5, 0.6) is 0 Å². The van der Waals surface area contributed by atoms with Gasteiger partial charge in [0.1, 0.15) is 0 Å². The summed E-state index contributed by atoms with van der Waals surface area (Å²) in [5.41, 5.74) is 4.03. The monoisotopic (exact) mass is 406 g/mol. The van der Waals surface area contributed by atoms with Crippen LogP contribution in [0.15, 0.2) is 60.7 Å². The number of carbonyl (C=O) groups excluding carboxylic acids is 2. The molecule has 158 valence electrons. The quantitative estimate of drug-likeness (QED) is 0.258. The van der Waals surface area contributed by atoms with E-state index in [1.807, 2.05) is 48.5 Å². The number of hydrogen-bond acceptors (Lipinski definition) is 4. The summed E-state index contributed by atoms with van der Waals surface area (Å²) in [6.45, 7) is 5.04. The highest BCUT2D eigenvalue weighted by Gasteiger charge is 2.00. The Labute approximate surface area is 179 Å². The van der Waals surface area contributed by atoms with Gasteiger partial charge in [-0.05, 0) is 47.2 Å². The maximum absolute atomic E-state index is 11.6. The molecule has 0 spiro atoms. The Morgan fingerprint density at radius 3 is 1.37 bits per heavy atom. The fraction of sp³-hybridized carbons (Fsp3) is 0.308. The molecular weight excluding hydrogens is 376 g/mol. The van der Waals surface area contributed by atoms with Gasteiger partial charge in [0.05, 0.1) is 13.2 Å². The Bertz CT molecular complexity index is 772. The molecule has 2 rings (SSSR count). The van der Waals surface area contributed by atoms with Gasteiger partial charge < -0.3 is 9.47 Å². The van der Waals surface area contributed by atoms with Crippen molar-refractivity contribution >= 4 is 24.1 Å². The summed E-state index contributed by atoms with van der Waals surface area (Å²) in [6.07, 6.45) is 10.2. The Hall–Kier alpha value is -3.14. The predicted octanol–water partition coefficient (Wildman–Crippen LogP) is 6.07. The SMILES string of the molecule is CCCCOC(=O)/C=C/c1ccc(-c2ccc(/C=C/C(=O)OCCCC)cc2)cc1. The van der Waals surface area contributed by atoms with Crippen LogP contribution in [0.3, 0.4) is 0 Å². The highest BCUT2D eigenvalue weighted by atomic mass is 16.5. The summed E-state index contributed by atoms with van der Waals surface area (Å²) in [6, 6.07) is 15.9. The average molecular weight is 407 g/mol. The second kappa shape index (κ2) is 13.2. The van der Waals surface area contributed by atoms with E-state index in [1.54, 1.807) is 12.2 Å². The van der Waals surface area contributed by atoms with Crippen LogP contribution < -0.4 is 0 Å².